The highest BCUT2D eigenvalue weighted by atomic mass is 19.3. The summed E-state index contributed by atoms with van der Waals surface area (Å²) in [5, 5.41) is 11.4. The van der Waals surface area contributed by atoms with Crippen molar-refractivity contribution in [3.63, 3.8) is 0 Å². The van der Waals surface area contributed by atoms with Crippen molar-refractivity contribution in [1.82, 2.24) is 4.90 Å². The standard InChI is InChI=1S/C19H19F2N3O2/c1-24(12-15-4-8-17(9-5-15)26-19(20)21)13-18(25)23-16-6-2-14(3-7-16)10-11-22/h2-9,19H,10,12-13H2,1H3,(H,23,25). The Hall–Kier alpha value is -2.98. The summed E-state index contributed by atoms with van der Waals surface area (Å²) in [5.74, 6) is -0.0674. The Labute approximate surface area is 150 Å². The van der Waals surface area contributed by atoms with Crippen LogP contribution in [0.4, 0.5) is 14.5 Å². The van der Waals surface area contributed by atoms with Gasteiger partial charge >= 0.3 is 6.61 Å². The predicted octanol–water partition coefficient (Wildman–Crippen LogP) is 3.42. The molecule has 0 saturated heterocycles. The minimum absolute atomic E-state index is 0.101. The molecule has 0 heterocycles. The molecule has 26 heavy (non-hydrogen) atoms. The highest BCUT2D eigenvalue weighted by Gasteiger charge is 2.09. The zero-order valence-electron chi connectivity index (χ0n) is 14.3. The second kappa shape index (κ2) is 9.49. The Morgan fingerprint density at radius 3 is 2.35 bits per heavy atom. The van der Waals surface area contributed by atoms with Crippen molar-refractivity contribution < 1.29 is 18.3 Å². The maximum Gasteiger partial charge on any atom is 0.387 e. The molecule has 0 spiro atoms. The lowest BCUT2D eigenvalue weighted by Crippen LogP contribution is -2.29. The molecule has 1 amide bonds. The number of anilines is 1. The maximum atomic E-state index is 12.1. The molecule has 0 atom stereocenters. The van der Waals surface area contributed by atoms with Crippen molar-refractivity contribution in [1.29, 1.82) is 5.26 Å². The van der Waals surface area contributed by atoms with Crippen LogP contribution in [-0.4, -0.2) is 31.0 Å². The van der Waals surface area contributed by atoms with E-state index >= 15 is 0 Å². The van der Waals surface area contributed by atoms with E-state index in [0.29, 0.717) is 18.7 Å². The number of nitriles is 1. The summed E-state index contributed by atoms with van der Waals surface area (Å²) < 4.78 is 28.5. The molecule has 0 aliphatic heterocycles. The molecule has 0 radical (unpaired) electrons. The topological polar surface area (TPSA) is 65.4 Å². The van der Waals surface area contributed by atoms with Gasteiger partial charge in [-0.05, 0) is 42.4 Å². The molecule has 0 unspecified atom stereocenters. The predicted molar refractivity (Wildman–Crippen MR) is 93.8 cm³/mol. The fourth-order valence-electron chi connectivity index (χ4n) is 2.39. The molecule has 2 aromatic rings. The molecule has 0 aliphatic carbocycles. The number of nitrogens with one attached hydrogen (secondary N) is 1. The van der Waals surface area contributed by atoms with Crippen LogP contribution in [0.25, 0.3) is 0 Å². The second-order valence-electron chi connectivity index (χ2n) is 5.77. The zero-order chi connectivity index (χ0) is 18.9. The molecule has 0 aliphatic rings. The minimum atomic E-state index is -2.85. The summed E-state index contributed by atoms with van der Waals surface area (Å²) in [4.78, 5) is 13.9. The van der Waals surface area contributed by atoms with Gasteiger partial charge in [0.15, 0.2) is 0 Å². The van der Waals surface area contributed by atoms with Crippen LogP contribution in [-0.2, 0) is 17.8 Å². The van der Waals surface area contributed by atoms with Crippen LogP contribution in [0.15, 0.2) is 48.5 Å². The first-order chi connectivity index (χ1) is 12.5. The number of likely N-dealkylation sites (N-methyl/N-ethyl adjacent to an activating group) is 1. The van der Waals surface area contributed by atoms with Gasteiger partial charge in [0, 0.05) is 12.2 Å². The van der Waals surface area contributed by atoms with Crippen LogP contribution in [0.3, 0.4) is 0 Å². The molecule has 0 saturated carbocycles. The normalized spacial score (nSPS) is 10.6. The molecule has 5 nitrogen and oxygen atoms in total. The van der Waals surface area contributed by atoms with Crippen molar-refractivity contribution in [3.05, 3.63) is 59.7 Å². The first-order valence-corrected chi connectivity index (χ1v) is 7.94. The summed E-state index contributed by atoms with van der Waals surface area (Å²) in [6.45, 7) is -2.18. The lowest BCUT2D eigenvalue weighted by atomic mass is 10.1. The monoisotopic (exact) mass is 359 g/mol. The van der Waals surface area contributed by atoms with E-state index in [0.717, 1.165) is 11.1 Å². The van der Waals surface area contributed by atoms with Crippen LogP contribution in [0.2, 0.25) is 0 Å². The SMILES string of the molecule is CN(CC(=O)Nc1ccc(CC#N)cc1)Cc1ccc(OC(F)F)cc1. The Kier molecular flexibility index (Phi) is 7.06. The van der Waals surface area contributed by atoms with Gasteiger partial charge in [-0.2, -0.15) is 14.0 Å². The molecular weight excluding hydrogens is 340 g/mol. The number of carbonyl (C=O) groups is 1. The molecule has 0 fully saturated rings. The van der Waals surface area contributed by atoms with Gasteiger partial charge in [-0.25, -0.2) is 0 Å². The summed E-state index contributed by atoms with van der Waals surface area (Å²) in [6.07, 6.45) is 0.331. The molecule has 136 valence electrons. The first-order valence-electron chi connectivity index (χ1n) is 7.94. The zero-order valence-corrected chi connectivity index (χ0v) is 14.3. The maximum absolute atomic E-state index is 12.1. The number of rotatable bonds is 8. The van der Waals surface area contributed by atoms with E-state index in [-0.39, 0.29) is 18.2 Å². The quantitative estimate of drug-likeness (QED) is 0.784. The molecule has 7 heteroatoms. The van der Waals surface area contributed by atoms with E-state index in [9.17, 15) is 13.6 Å². The molecular formula is C19H19F2N3O2. The number of alkyl halides is 2. The van der Waals surface area contributed by atoms with Crippen LogP contribution in [0, 0.1) is 11.3 Å². The van der Waals surface area contributed by atoms with Crippen LogP contribution in [0.5, 0.6) is 5.75 Å². The summed E-state index contributed by atoms with van der Waals surface area (Å²) >= 11 is 0. The Morgan fingerprint density at radius 2 is 1.77 bits per heavy atom. The molecule has 1 N–H and O–H groups in total. The van der Waals surface area contributed by atoms with E-state index in [1.165, 1.54) is 12.1 Å². The summed E-state index contributed by atoms with van der Waals surface area (Å²) in [7, 11) is 1.79. The van der Waals surface area contributed by atoms with E-state index in [1.54, 1.807) is 43.4 Å². The van der Waals surface area contributed by atoms with Gasteiger partial charge < -0.3 is 10.1 Å². The Morgan fingerprint density at radius 1 is 1.15 bits per heavy atom. The summed E-state index contributed by atoms with van der Waals surface area (Å²) in [5.41, 5.74) is 2.43. The molecule has 2 aromatic carbocycles. The van der Waals surface area contributed by atoms with Gasteiger partial charge in [0.25, 0.3) is 0 Å². The average Bonchev–Trinajstić information content (AvgIpc) is 2.58. The largest absolute Gasteiger partial charge is 0.435 e. The fraction of sp³-hybridized carbons (Fsp3) is 0.263. The smallest absolute Gasteiger partial charge is 0.387 e. The number of benzene rings is 2. The molecule has 0 aromatic heterocycles. The lowest BCUT2D eigenvalue weighted by Gasteiger charge is -2.16. The Balaban J connectivity index is 1.82. The number of hydrogen-bond donors (Lipinski definition) is 1. The minimum Gasteiger partial charge on any atom is -0.435 e. The lowest BCUT2D eigenvalue weighted by molar-refractivity contribution is -0.117. The van der Waals surface area contributed by atoms with Crippen LogP contribution < -0.4 is 10.1 Å². The van der Waals surface area contributed by atoms with Gasteiger partial charge in [-0.15, -0.1) is 0 Å². The van der Waals surface area contributed by atoms with Gasteiger partial charge in [-0.1, -0.05) is 24.3 Å². The van der Waals surface area contributed by atoms with Gasteiger partial charge in [0.1, 0.15) is 5.75 Å². The van der Waals surface area contributed by atoms with E-state index in [1.807, 2.05) is 4.90 Å². The third kappa shape index (κ3) is 6.49. The number of ether oxygens (including phenoxy) is 1. The van der Waals surface area contributed by atoms with Gasteiger partial charge in [0.2, 0.25) is 5.91 Å². The van der Waals surface area contributed by atoms with Crippen LogP contribution >= 0.6 is 0 Å². The Bertz CT molecular complexity index is 756. The van der Waals surface area contributed by atoms with Gasteiger partial charge in [-0.3, -0.25) is 9.69 Å². The fourth-order valence-corrected chi connectivity index (χ4v) is 2.39. The van der Waals surface area contributed by atoms with E-state index in [2.05, 4.69) is 16.1 Å². The van der Waals surface area contributed by atoms with E-state index in [4.69, 9.17) is 5.26 Å². The van der Waals surface area contributed by atoms with E-state index < -0.39 is 6.61 Å². The number of amides is 1. The van der Waals surface area contributed by atoms with Crippen molar-refractivity contribution in [2.45, 2.75) is 19.6 Å². The molecule has 0 bridgehead atoms. The third-order valence-electron chi connectivity index (χ3n) is 3.54. The van der Waals surface area contributed by atoms with Crippen molar-refractivity contribution in [2.75, 3.05) is 18.9 Å². The van der Waals surface area contributed by atoms with Gasteiger partial charge in [0.05, 0.1) is 19.0 Å². The van der Waals surface area contributed by atoms with Crippen molar-refractivity contribution >= 4 is 11.6 Å². The number of hydrogen-bond acceptors (Lipinski definition) is 4. The van der Waals surface area contributed by atoms with Crippen molar-refractivity contribution in [2.24, 2.45) is 0 Å². The molecule has 2 rings (SSSR count). The third-order valence-corrected chi connectivity index (χ3v) is 3.54. The van der Waals surface area contributed by atoms with Crippen LogP contribution in [0.1, 0.15) is 11.1 Å². The average molecular weight is 359 g/mol. The highest BCUT2D eigenvalue weighted by molar-refractivity contribution is 5.92. The van der Waals surface area contributed by atoms with Crippen molar-refractivity contribution in [3.8, 4) is 11.8 Å². The first kappa shape index (κ1) is 19.3. The number of carbonyl (C=O) groups excluding carboxylic acids is 1. The summed E-state index contributed by atoms with van der Waals surface area (Å²) in [6, 6.07) is 15.5. The highest BCUT2D eigenvalue weighted by Crippen LogP contribution is 2.16. The number of nitrogens with zero attached hydrogens (tertiary/aromatic N) is 2. The number of halogens is 2. The second-order valence-corrected chi connectivity index (χ2v) is 5.77.